The minimum Gasteiger partial charge on any atom is -0.481 e. The monoisotopic (exact) mass is 434 g/mol. The van der Waals surface area contributed by atoms with Crippen molar-refractivity contribution in [1.82, 2.24) is 0 Å². The molecule has 0 bridgehead atoms. The van der Waals surface area contributed by atoms with E-state index in [1.165, 1.54) is 64.2 Å². The topological polar surface area (TPSA) is 169 Å². The van der Waals surface area contributed by atoms with Gasteiger partial charge in [-0.3, -0.25) is 19.2 Å². The van der Waals surface area contributed by atoms with Gasteiger partial charge in [0.2, 0.25) is 0 Å². The number of hydrogen-bond acceptors (Lipinski definition) is 5. The standard InChI is InChI=1S/C13H28O.C8H10O8/c1-2-3-4-5-6-7-8-9-10-11-12-13-14;9-5(10)1-3(7(13)14)4(8(15)16)2-6(11)12/h14H,2-13H2,1H3;3-4H,1-2H2,(H,9,10)(H,11,12)(H,13,14)(H,15,16). The Balaban J connectivity index is 0. The van der Waals surface area contributed by atoms with Gasteiger partial charge in [0, 0.05) is 6.61 Å². The lowest BCUT2D eigenvalue weighted by atomic mass is 9.87. The molecule has 9 heteroatoms. The van der Waals surface area contributed by atoms with Gasteiger partial charge in [-0.15, -0.1) is 0 Å². The van der Waals surface area contributed by atoms with Gasteiger partial charge in [0.25, 0.3) is 0 Å². The van der Waals surface area contributed by atoms with Crippen molar-refractivity contribution in [2.75, 3.05) is 6.61 Å². The highest BCUT2D eigenvalue weighted by Crippen LogP contribution is 2.21. The fraction of sp³-hybridized carbons (Fsp3) is 0.810. The van der Waals surface area contributed by atoms with Crippen molar-refractivity contribution < 1.29 is 44.7 Å². The molecule has 2 atom stereocenters. The normalized spacial score (nSPS) is 12.3. The van der Waals surface area contributed by atoms with E-state index in [-0.39, 0.29) is 0 Å². The van der Waals surface area contributed by atoms with E-state index in [9.17, 15) is 19.2 Å². The van der Waals surface area contributed by atoms with Crippen molar-refractivity contribution in [2.24, 2.45) is 11.8 Å². The van der Waals surface area contributed by atoms with Gasteiger partial charge < -0.3 is 25.5 Å². The predicted octanol–water partition coefficient (Wildman–Crippen LogP) is 3.63. The van der Waals surface area contributed by atoms with Crippen molar-refractivity contribution in [3.8, 4) is 0 Å². The molecule has 0 saturated heterocycles. The second-order valence-electron chi connectivity index (χ2n) is 7.34. The molecule has 0 radical (unpaired) electrons. The van der Waals surface area contributed by atoms with Crippen LogP contribution in [0.1, 0.15) is 90.4 Å². The first-order valence-corrected chi connectivity index (χ1v) is 10.7. The number of unbranched alkanes of at least 4 members (excludes halogenated alkanes) is 10. The Morgan fingerprint density at radius 1 is 0.567 bits per heavy atom. The fourth-order valence-electron chi connectivity index (χ4n) is 2.96. The number of hydrogen-bond donors (Lipinski definition) is 5. The summed E-state index contributed by atoms with van der Waals surface area (Å²) in [6.45, 7) is 2.64. The number of aliphatic hydroxyl groups excluding tert-OH is 1. The number of aliphatic hydroxyl groups is 1. The molecule has 0 aromatic heterocycles. The van der Waals surface area contributed by atoms with Crippen LogP contribution >= 0.6 is 0 Å². The van der Waals surface area contributed by atoms with Gasteiger partial charge in [0.05, 0.1) is 24.7 Å². The molecular weight excluding hydrogens is 396 g/mol. The minimum absolute atomic E-state index is 0.372. The number of carboxylic acids is 4. The molecule has 0 amide bonds. The van der Waals surface area contributed by atoms with Gasteiger partial charge in [0.1, 0.15) is 0 Å². The summed E-state index contributed by atoms with van der Waals surface area (Å²) in [5.74, 6) is -9.79. The molecule has 0 aliphatic carbocycles. The molecule has 0 rings (SSSR count). The zero-order chi connectivity index (χ0) is 23.4. The Bertz CT molecular complexity index is 447. The van der Waals surface area contributed by atoms with Crippen LogP contribution in [0.15, 0.2) is 0 Å². The van der Waals surface area contributed by atoms with Gasteiger partial charge in [-0.25, -0.2) is 0 Å². The first kappa shape index (κ1) is 30.0. The fourth-order valence-corrected chi connectivity index (χ4v) is 2.96. The third-order valence-electron chi connectivity index (χ3n) is 4.67. The molecule has 5 N–H and O–H groups in total. The average molecular weight is 435 g/mol. The molecule has 0 aliphatic heterocycles. The van der Waals surface area contributed by atoms with Crippen molar-refractivity contribution in [1.29, 1.82) is 0 Å². The first-order chi connectivity index (χ1) is 14.2. The molecule has 9 nitrogen and oxygen atoms in total. The van der Waals surface area contributed by atoms with Crippen LogP contribution in [0.25, 0.3) is 0 Å². The lowest BCUT2D eigenvalue weighted by molar-refractivity contribution is -0.160. The SMILES string of the molecule is CCCCCCCCCCCCCO.O=C(O)CC(C(=O)O)C(CC(=O)O)C(=O)O. The van der Waals surface area contributed by atoms with E-state index in [2.05, 4.69) is 6.92 Å². The summed E-state index contributed by atoms with van der Waals surface area (Å²) in [5, 5.41) is 42.6. The number of aliphatic carboxylic acids is 4. The van der Waals surface area contributed by atoms with Crippen molar-refractivity contribution in [3.63, 3.8) is 0 Å². The van der Waals surface area contributed by atoms with Gasteiger partial charge in [-0.2, -0.15) is 0 Å². The van der Waals surface area contributed by atoms with Crippen LogP contribution in [0.2, 0.25) is 0 Å². The Hall–Kier alpha value is -2.16. The Labute approximate surface area is 178 Å². The molecule has 0 heterocycles. The Morgan fingerprint density at radius 2 is 0.867 bits per heavy atom. The van der Waals surface area contributed by atoms with Crippen LogP contribution in [0, 0.1) is 11.8 Å². The maximum absolute atomic E-state index is 10.6. The predicted molar refractivity (Wildman–Crippen MR) is 110 cm³/mol. The van der Waals surface area contributed by atoms with Crippen LogP contribution in [0.3, 0.4) is 0 Å². The maximum atomic E-state index is 10.6. The molecule has 0 aromatic rings. The summed E-state index contributed by atoms with van der Waals surface area (Å²) in [5.41, 5.74) is 0. The van der Waals surface area contributed by atoms with Gasteiger partial charge in [-0.05, 0) is 6.42 Å². The van der Waals surface area contributed by atoms with E-state index < -0.39 is 48.6 Å². The summed E-state index contributed by atoms with van der Waals surface area (Å²) in [6, 6.07) is 0. The molecule has 0 aromatic carbocycles. The van der Waals surface area contributed by atoms with E-state index in [4.69, 9.17) is 25.5 Å². The van der Waals surface area contributed by atoms with Crippen molar-refractivity contribution in [3.05, 3.63) is 0 Å². The van der Waals surface area contributed by atoms with Crippen LogP contribution in [-0.2, 0) is 19.2 Å². The molecule has 30 heavy (non-hydrogen) atoms. The van der Waals surface area contributed by atoms with Crippen molar-refractivity contribution >= 4 is 23.9 Å². The molecule has 176 valence electrons. The summed E-state index contributed by atoms with van der Waals surface area (Å²) in [7, 11) is 0. The highest BCUT2D eigenvalue weighted by Gasteiger charge is 2.36. The second kappa shape index (κ2) is 20.1. The largest absolute Gasteiger partial charge is 0.481 e. The maximum Gasteiger partial charge on any atom is 0.307 e. The average Bonchev–Trinajstić information content (AvgIpc) is 2.66. The molecule has 0 aliphatic rings. The van der Waals surface area contributed by atoms with Crippen LogP contribution in [0.4, 0.5) is 0 Å². The molecule has 0 fully saturated rings. The molecule has 2 unspecified atom stereocenters. The van der Waals surface area contributed by atoms with E-state index >= 15 is 0 Å². The van der Waals surface area contributed by atoms with Gasteiger partial charge in [-0.1, -0.05) is 71.1 Å². The molecule has 0 spiro atoms. The smallest absolute Gasteiger partial charge is 0.307 e. The quantitative estimate of drug-likeness (QED) is 0.202. The highest BCUT2D eigenvalue weighted by atomic mass is 16.4. The Morgan fingerprint density at radius 3 is 1.10 bits per heavy atom. The van der Waals surface area contributed by atoms with E-state index in [1.807, 2.05) is 0 Å². The number of rotatable bonds is 18. The number of carboxylic acid groups (broad SMARTS) is 4. The Kier molecular flexibility index (Phi) is 20.2. The van der Waals surface area contributed by atoms with Crippen molar-refractivity contribution in [2.45, 2.75) is 90.4 Å². The third kappa shape index (κ3) is 19.2. The van der Waals surface area contributed by atoms with E-state index in [0.717, 1.165) is 6.42 Å². The van der Waals surface area contributed by atoms with E-state index in [1.54, 1.807) is 0 Å². The summed E-state index contributed by atoms with van der Waals surface area (Å²) < 4.78 is 0. The lowest BCUT2D eigenvalue weighted by Crippen LogP contribution is -2.33. The summed E-state index contributed by atoms with van der Waals surface area (Å²) in [4.78, 5) is 41.9. The third-order valence-corrected chi connectivity index (χ3v) is 4.67. The first-order valence-electron chi connectivity index (χ1n) is 10.7. The second-order valence-corrected chi connectivity index (χ2v) is 7.34. The zero-order valence-corrected chi connectivity index (χ0v) is 17.9. The minimum atomic E-state index is -1.76. The zero-order valence-electron chi connectivity index (χ0n) is 17.9. The van der Waals surface area contributed by atoms with Crippen LogP contribution < -0.4 is 0 Å². The van der Waals surface area contributed by atoms with Crippen LogP contribution in [0.5, 0.6) is 0 Å². The molecular formula is C21H38O9. The summed E-state index contributed by atoms with van der Waals surface area (Å²) >= 11 is 0. The van der Waals surface area contributed by atoms with Gasteiger partial charge >= 0.3 is 23.9 Å². The van der Waals surface area contributed by atoms with Gasteiger partial charge in [0.15, 0.2) is 0 Å². The lowest BCUT2D eigenvalue weighted by Gasteiger charge is -2.16. The van der Waals surface area contributed by atoms with Crippen LogP contribution in [-0.4, -0.2) is 56.0 Å². The van der Waals surface area contributed by atoms with E-state index in [0.29, 0.717) is 6.61 Å². The summed E-state index contributed by atoms with van der Waals surface area (Å²) in [6.07, 6.45) is 12.9. The highest BCUT2D eigenvalue weighted by molar-refractivity contribution is 5.86. The number of carbonyl (C=O) groups is 4. The molecule has 0 saturated carbocycles.